The van der Waals surface area contributed by atoms with Gasteiger partial charge in [-0.3, -0.25) is 0 Å². The van der Waals surface area contributed by atoms with Crippen molar-refractivity contribution in [3.05, 3.63) is 83.9 Å². The molecule has 0 amide bonds. The lowest BCUT2D eigenvalue weighted by Gasteiger charge is -2.15. The van der Waals surface area contributed by atoms with Crippen molar-refractivity contribution in [2.45, 2.75) is 0 Å². The molecule has 1 aromatic heterocycles. The number of nitrogens with one attached hydrogen (secondary N) is 1. The topological polar surface area (TPSA) is 34.1 Å². The maximum atomic E-state index is 6.80. The van der Waals surface area contributed by atoms with E-state index in [0.29, 0.717) is 5.02 Å². The second-order valence-corrected chi connectivity index (χ2v) is 6.26. The SMILES string of the molecule is COc1ccc(Nc2nc3ccccc3c(Cl)c2-c2ccccc2)cc1. The highest BCUT2D eigenvalue weighted by molar-refractivity contribution is 6.38. The average Bonchev–Trinajstić information content (AvgIpc) is 2.69. The number of hydrogen-bond donors (Lipinski definition) is 1. The first-order chi connectivity index (χ1) is 12.8. The van der Waals surface area contributed by atoms with Gasteiger partial charge < -0.3 is 10.1 Å². The molecule has 0 aliphatic rings. The Kier molecular flexibility index (Phi) is 4.46. The molecular weight excluding hydrogens is 344 g/mol. The van der Waals surface area contributed by atoms with Crippen LogP contribution < -0.4 is 10.1 Å². The van der Waals surface area contributed by atoms with Crippen molar-refractivity contribution in [2.24, 2.45) is 0 Å². The van der Waals surface area contributed by atoms with E-state index in [1.54, 1.807) is 7.11 Å². The molecule has 0 fully saturated rings. The van der Waals surface area contributed by atoms with Crippen molar-refractivity contribution in [3.8, 4) is 16.9 Å². The summed E-state index contributed by atoms with van der Waals surface area (Å²) < 4.78 is 5.22. The minimum absolute atomic E-state index is 0.692. The highest BCUT2D eigenvalue weighted by Gasteiger charge is 2.15. The van der Waals surface area contributed by atoms with Crippen LogP contribution in [-0.2, 0) is 0 Å². The number of para-hydroxylation sites is 1. The fraction of sp³-hybridized carbons (Fsp3) is 0.0455. The van der Waals surface area contributed by atoms with Crippen LogP contribution in [0.1, 0.15) is 0 Å². The number of fused-ring (bicyclic) bond motifs is 1. The largest absolute Gasteiger partial charge is 0.497 e. The summed E-state index contributed by atoms with van der Waals surface area (Å²) in [6, 6.07) is 25.7. The minimum Gasteiger partial charge on any atom is -0.497 e. The molecule has 0 saturated carbocycles. The van der Waals surface area contributed by atoms with Crippen molar-refractivity contribution in [1.82, 2.24) is 4.98 Å². The first-order valence-electron chi connectivity index (χ1n) is 8.31. The fourth-order valence-corrected chi connectivity index (χ4v) is 3.30. The van der Waals surface area contributed by atoms with E-state index in [-0.39, 0.29) is 0 Å². The van der Waals surface area contributed by atoms with E-state index in [9.17, 15) is 0 Å². The number of nitrogens with zero attached hydrogens (tertiary/aromatic N) is 1. The maximum absolute atomic E-state index is 6.80. The molecule has 0 aliphatic carbocycles. The van der Waals surface area contributed by atoms with Gasteiger partial charge in [-0.25, -0.2) is 4.98 Å². The molecule has 0 aliphatic heterocycles. The van der Waals surface area contributed by atoms with Gasteiger partial charge in [0.05, 0.1) is 17.6 Å². The Balaban J connectivity index is 1.88. The zero-order chi connectivity index (χ0) is 17.9. The third-order valence-corrected chi connectivity index (χ3v) is 4.64. The molecule has 0 spiro atoms. The number of rotatable bonds is 4. The number of methoxy groups -OCH3 is 1. The Labute approximate surface area is 157 Å². The highest BCUT2D eigenvalue weighted by Crippen LogP contribution is 2.39. The van der Waals surface area contributed by atoms with Crippen molar-refractivity contribution < 1.29 is 4.74 Å². The minimum atomic E-state index is 0.692. The molecule has 128 valence electrons. The van der Waals surface area contributed by atoms with E-state index in [2.05, 4.69) is 5.32 Å². The second kappa shape index (κ2) is 7.06. The summed E-state index contributed by atoms with van der Waals surface area (Å²) in [6.45, 7) is 0. The number of hydrogen-bond acceptors (Lipinski definition) is 3. The molecule has 3 nitrogen and oxygen atoms in total. The monoisotopic (exact) mass is 360 g/mol. The van der Waals surface area contributed by atoms with Crippen LogP contribution in [0.4, 0.5) is 11.5 Å². The van der Waals surface area contributed by atoms with Gasteiger partial charge in [-0.1, -0.05) is 60.1 Å². The van der Waals surface area contributed by atoms with E-state index in [4.69, 9.17) is 21.3 Å². The van der Waals surface area contributed by atoms with E-state index in [0.717, 1.165) is 39.3 Å². The van der Waals surface area contributed by atoms with E-state index in [1.165, 1.54) is 0 Å². The summed E-state index contributed by atoms with van der Waals surface area (Å²) in [7, 11) is 1.65. The van der Waals surface area contributed by atoms with Gasteiger partial charge in [0.1, 0.15) is 11.6 Å². The zero-order valence-electron chi connectivity index (χ0n) is 14.2. The predicted molar refractivity (Wildman–Crippen MR) is 108 cm³/mol. The van der Waals surface area contributed by atoms with Crippen LogP contribution >= 0.6 is 11.6 Å². The van der Waals surface area contributed by atoms with Crippen LogP contribution in [0.3, 0.4) is 0 Å². The molecule has 4 heteroatoms. The lowest BCUT2D eigenvalue weighted by Crippen LogP contribution is -1.99. The molecule has 0 saturated heterocycles. The number of ether oxygens (including phenoxy) is 1. The van der Waals surface area contributed by atoms with Crippen molar-refractivity contribution in [3.63, 3.8) is 0 Å². The summed E-state index contributed by atoms with van der Waals surface area (Å²) in [5, 5.41) is 5.03. The third kappa shape index (κ3) is 3.09. The standard InChI is InChI=1S/C22H17ClN2O/c1-26-17-13-11-16(12-14-17)24-22-20(15-7-3-2-4-8-15)21(23)18-9-5-6-10-19(18)25-22/h2-14H,1H3,(H,24,25). The molecule has 0 unspecified atom stereocenters. The fourth-order valence-electron chi connectivity index (χ4n) is 2.94. The molecular formula is C22H17ClN2O. The Bertz CT molecular complexity index is 1050. The molecule has 26 heavy (non-hydrogen) atoms. The van der Waals surface area contributed by atoms with Gasteiger partial charge in [-0.2, -0.15) is 0 Å². The van der Waals surface area contributed by atoms with Crippen LogP contribution in [0.5, 0.6) is 5.75 Å². The third-order valence-electron chi connectivity index (χ3n) is 4.24. The highest BCUT2D eigenvalue weighted by atomic mass is 35.5. The van der Waals surface area contributed by atoms with Crippen LogP contribution in [0, 0.1) is 0 Å². The van der Waals surface area contributed by atoms with Gasteiger partial charge in [0, 0.05) is 16.6 Å². The van der Waals surface area contributed by atoms with Crippen LogP contribution in [-0.4, -0.2) is 12.1 Å². The number of anilines is 2. The van der Waals surface area contributed by atoms with E-state index in [1.807, 2.05) is 78.9 Å². The summed E-state index contributed by atoms with van der Waals surface area (Å²) in [5.74, 6) is 1.54. The van der Waals surface area contributed by atoms with Gasteiger partial charge in [-0.05, 0) is 35.9 Å². The molecule has 4 rings (SSSR count). The number of aromatic nitrogens is 1. The number of halogens is 1. The summed E-state index contributed by atoms with van der Waals surface area (Å²) in [5.41, 5.74) is 3.68. The van der Waals surface area contributed by atoms with Gasteiger partial charge >= 0.3 is 0 Å². The quantitative estimate of drug-likeness (QED) is 0.463. The van der Waals surface area contributed by atoms with Crippen LogP contribution in [0.15, 0.2) is 78.9 Å². The van der Waals surface area contributed by atoms with Gasteiger partial charge in [0.15, 0.2) is 0 Å². The smallest absolute Gasteiger partial charge is 0.140 e. The molecule has 0 radical (unpaired) electrons. The van der Waals surface area contributed by atoms with E-state index < -0.39 is 0 Å². The predicted octanol–water partition coefficient (Wildman–Crippen LogP) is 6.31. The normalized spacial score (nSPS) is 10.7. The second-order valence-electron chi connectivity index (χ2n) is 5.89. The summed E-state index contributed by atoms with van der Waals surface area (Å²) in [6.07, 6.45) is 0. The summed E-state index contributed by atoms with van der Waals surface area (Å²) in [4.78, 5) is 4.82. The molecule has 4 aromatic rings. The first kappa shape index (κ1) is 16.4. The zero-order valence-corrected chi connectivity index (χ0v) is 15.0. The van der Waals surface area contributed by atoms with Crippen molar-refractivity contribution in [1.29, 1.82) is 0 Å². The van der Waals surface area contributed by atoms with Gasteiger partial charge in [-0.15, -0.1) is 0 Å². The van der Waals surface area contributed by atoms with Crippen LogP contribution in [0.25, 0.3) is 22.0 Å². The van der Waals surface area contributed by atoms with Gasteiger partial charge in [0.2, 0.25) is 0 Å². The van der Waals surface area contributed by atoms with Gasteiger partial charge in [0.25, 0.3) is 0 Å². The Morgan fingerprint density at radius 2 is 1.54 bits per heavy atom. The Morgan fingerprint density at radius 1 is 0.846 bits per heavy atom. The van der Waals surface area contributed by atoms with E-state index >= 15 is 0 Å². The van der Waals surface area contributed by atoms with Crippen LogP contribution in [0.2, 0.25) is 5.02 Å². The first-order valence-corrected chi connectivity index (χ1v) is 8.69. The Hall–Kier alpha value is -3.04. The number of pyridine rings is 1. The maximum Gasteiger partial charge on any atom is 0.140 e. The molecule has 0 atom stereocenters. The Morgan fingerprint density at radius 3 is 2.27 bits per heavy atom. The van der Waals surface area contributed by atoms with Crippen molar-refractivity contribution >= 4 is 34.0 Å². The molecule has 1 N–H and O–H groups in total. The summed E-state index contributed by atoms with van der Waals surface area (Å²) >= 11 is 6.80. The molecule has 1 heterocycles. The lowest BCUT2D eigenvalue weighted by atomic mass is 10.0. The molecule has 0 bridgehead atoms. The number of benzene rings is 3. The molecule has 3 aromatic carbocycles. The average molecular weight is 361 g/mol. The lowest BCUT2D eigenvalue weighted by molar-refractivity contribution is 0.415. The van der Waals surface area contributed by atoms with Crippen molar-refractivity contribution in [2.75, 3.05) is 12.4 Å².